The molecule has 4 heteroatoms. The SMILES string of the molecule is CCCN(CC1CC1)CC(C)(NCC)C(=O)OC. The summed E-state index contributed by atoms with van der Waals surface area (Å²) in [5.41, 5.74) is -0.590. The fraction of sp³-hybridized carbons (Fsp3) is 0.929. The molecule has 0 saturated heterocycles. The zero-order valence-electron chi connectivity index (χ0n) is 12.3. The average Bonchev–Trinajstić information content (AvgIpc) is 3.12. The molecule has 0 spiro atoms. The minimum absolute atomic E-state index is 0.166. The summed E-state index contributed by atoms with van der Waals surface area (Å²) in [6.07, 6.45) is 3.81. The lowest BCUT2D eigenvalue weighted by molar-refractivity contribution is -0.148. The van der Waals surface area contributed by atoms with Gasteiger partial charge in [0.25, 0.3) is 0 Å². The van der Waals surface area contributed by atoms with E-state index >= 15 is 0 Å². The van der Waals surface area contributed by atoms with Gasteiger partial charge in [-0.15, -0.1) is 0 Å². The highest BCUT2D eigenvalue weighted by Crippen LogP contribution is 2.30. The average molecular weight is 256 g/mol. The van der Waals surface area contributed by atoms with E-state index in [-0.39, 0.29) is 5.97 Å². The summed E-state index contributed by atoms with van der Waals surface area (Å²) in [5.74, 6) is 0.682. The normalized spacial score (nSPS) is 18.7. The van der Waals surface area contributed by atoms with Gasteiger partial charge in [-0.05, 0) is 45.2 Å². The van der Waals surface area contributed by atoms with Gasteiger partial charge < -0.3 is 15.0 Å². The molecule has 0 radical (unpaired) electrons. The van der Waals surface area contributed by atoms with E-state index in [1.807, 2.05) is 13.8 Å². The molecule has 0 aromatic carbocycles. The van der Waals surface area contributed by atoms with E-state index in [2.05, 4.69) is 17.1 Å². The molecule has 1 fully saturated rings. The summed E-state index contributed by atoms with van der Waals surface area (Å²) >= 11 is 0. The lowest BCUT2D eigenvalue weighted by Crippen LogP contribution is -2.57. The summed E-state index contributed by atoms with van der Waals surface area (Å²) in [7, 11) is 1.46. The van der Waals surface area contributed by atoms with E-state index in [0.29, 0.717) is 0 Å². The maximum atomic E-state index is 12.0. The van der Waals surface area contributed by atoms with E-state index in [9.17, 15) is 4.79 Å². The van der Waals surface area contributed by atoms with E-state index in [4.69, 9.17) is 4.74 Å². The van der Waals surface area contributed by atoms with Gasteiger partial charge >= 0.3 is 5.97 Å². The van der Waals surface area contributed by atoms with Gasteiger partial charge in [-0.1, -0.05) is 13.8 Å². The Hall–Kier alpha value is -0.610. The molecule has 0 amide bonds. The molecule has 1 aliphatic rings. The second-order valence-electron chi connectivity index (χ2n) is 5.53. The zero-order valence-corrected chi connectivity index (χ0v) is 12.3. The molecule has 1 unspecified atom stereocenters. The van der Waals surface area contributed by atoms with Gasteiger partial charge in [0.05, 0.1) is 7.11 Å². The number of carbonyl (C=O) groups is 1. The molecule has 0 aromatic heterocycles. The molecule has 1 atom stereocenters. The Bertz CT molecular complexity index is 267. The monoisotopic (exact) mass is 256 g/mol. The summed E-state index contributed by atoms with van der Waals surface area (Å²) in [4.78, 5) is 14.4. The number of rotatable bonds is 9. The predicted molar refractivity (Wildman–Crippen MR) is 73.6 cm³/mol. The maximum Gasteiger partial charge on any atom is 0.327 e. The number of methoxy groups -OCH3 is 1. The van der Waals surface area contributed by atoms with Crippen LogP contribution in [0.25, 0.3) is 0 Å². The van der Waals surface area contributed by atoms with Crippen LogP contribution in [0, 0.1) is 5.92 Å². The van der Waals surface area contributed by atoms with Crippen LogP contribution in [0.2, 0.25) is 0 Å². The van der Waals surface area contributed by atoms with Crippen LogP contribution in [0.1, 0.15) is 40.0 Å². The minimum atomic E-state index is -0.590. The van der Waals surface area contributed by atoms with Crippen LogP contribution in [0.4, 0.5) is 0 Å². The van der Waals surface area contributed by atoms with Crippen LogP contribution >= 0.6 is 0 Å². The van der Waals surface area contributed by atoms with Crippen molar-refractivity contribution < 1.29 is 9.53 Å². The first-order valence-corrected chi connectivity index (χ1v) is 7.11. The fourth-order valence-electron chi connectivity index (χ4n) is 2.47. The lowest BCUT2D eigenvalue weighted by Gasteiger charge is -2.34. The molecule has 1 N–H and O–H groups in total. The number of hydrogen-bond acceptors (Lipinski definition) is 4. The Morgan fingerprint density at radius 1 is 1.44 bits per heavy atom. The highest BCUT2D eigenvalue weighted by molar-refractivity contribution is 5.80. The highest BCUT2D eigenvalue weighted by atomic mass is 16.5. The smallest absolute Gasteiger partial charge is 0.327 e. The molecule has 106 valence electrons. The number of ether oxygens (including phenoxy) is 1. The third kappa shape index (κ3) is 4.58. The molecule has 4 nitrogen and oxygen atoms in total. The summed E-state index contributed by atoms with van der Waals surface area (Å²) in [6.45, 7) is 9.82. The zero-order chi connectivity index (χ0) is 13.6. The maximum absolute atomic E-state index is 12.0. The third-order valence-corrected chi connectivity index (χ3v) is 3.50. The first-order chi connectivity index (χ1) is 8.55. The minimum Gasteiger partial charge on any atom is -0.468 e. The second-order valence-corrected chi connectivity index (χ2v) is 5.53. The van der Waals surface area contributed by atoms with Gasteiger partial charge in [-0.3, -0.25) is 4.79 Å². The predicted octanol–water partition coefficient (Wildman–Crippen LogP) is 1.65. The Balaban J connectivity index is 2.61. The van der Waals surface area contributed by atoms with E-state index < -0.39 is 5.54 Å². The van der Waals surface area contributed by atoms with Gasteiger partial charge in [0.2, 0.25) is 0 Å². The Morgan fingerprint density at radius 3 is 2.56 bits per heavy atom. The van der Waals surface area contributed by atoms with Gasteiger partial charge in [0, 0.05) is 13.1 Å². The van der Waals surface area contributed by atoms with Crippen LogP contribution in [0.3, 0.4) is 0 Å². The van der Waals surface area contributed by atoms with E-state index in [1.54, 1.807) is 0 Å². The molecular weight excluding hydrogens is 228 g/mol. The van der Waals surface area contributed by atoms with Crippen LogP contribution in [0.15, 0.2) is 0 Å². The van der Waals surface area contributed by atoms with Crippen molar-refractivity contribution in [1.29, 1.82) is 0 Å². The lowest BCUT2D eigenvalue weighted by atomic mass is 10.0. The molecule has 0 aromatic rings. The summed E-state index contributed by atoms with van der Waals surface area (Å²) in [5, 5.41) is 3.28. The molecule has 0 aliphatic heterocycles. The van der Waals surface area contributed by atoms with Crippen molar-refractivity contribution in [1.82, 2.24) is 10.2 Å². The first-order valence-electron chi connectivity index (χ1n) is 7.11. The topological polar surface area (TPSA) is 41.6 Å². The third-order valence-electron chi connectivity index (χ3n) is 3.50. The van der Waals surface area contributed by atoms with Crippen molar-refractivity contribution >= 4 is 5.97 Å². The van der Waals surface area contributed by atoms with Crippen molar-refractivity contribution in [3.05, 3.63) is 0 Å². The Labute approximate surface area is 111 Å². The fourth-order valence-corrected chi connectivity index (χ4v) is 2.47. The van der Waals surface area contributed by atoms with E-state index in [1.165, 1.54) is 20.0 Å². The van der Waals surface area contributed by atoms with Gasteiger partial charge in [-0.2, -0.15) is 0 Å². The number of nitrogens with one attached hydrogen (secondary N) is 1. The second kappa shape index (κ2) is 7.10. The highest BCUT2D eigenvalue weighted by Gasteiger charge is 2.36. The van der Waals surface area contributed by atoms with Crippen molar-refractivity contribution in [2.75, 3.05) is 33.3 Å². The van der Waals surface area contributed by atoms with Crippen LogP contribution in [0.5, 0.6) is 0 Å². The van der Waals surface area contributed by atoms with Crippen molar-refractivity contribution in [2.24, 2.45) is 5.92 Å². The molecule has 1 aliphatic carbocycles. The number of nitrogens with zero attached hydrogens (tertiary/aromatic N) is 1. The van der Waals surface area contributed by atoms with Gasteiger partial charge in [0.15, 0.2) is 0 Å². The first kappa shape index (κ1) is 15.4. The van der Waals surface area contributed by atoms with Crippen LogP contribution in [-0.2, 0) is 9.53 Å². The number of hydrogen-bond donors (Lipinski definition) is 1. The van der Waals surface area contributed by atoms with Crippen molar-refractivity contribution in [3.63, 3.8) is 0 Å². The standard InChI is InChI=1S/C14H28N2O2/c1-5-9-16(10-12-7-8-12)11-14(3,15-6-2)13(17)18-4/h12,15H,5-11H2,1-4H3. The number of carbonyl (C=O) groups excluding carboxylic acids is 1. The number of likely N-dealkylation sites (N-methyl/N-ethyl adjacent to an activating group) is 1. The molecule has 0 heterocycles. The van der Waals surface area contributed by atoms with Crippen molar-refractivity contribution in [2.45, 2.75) is 45.6 Å². The molecule has 18 heavy (non-hydrogen) atoms. The largest absolute Gasteiger partial charge is 0.468 e. The van der Waals surface area contributed by atoms with Crippen LogP contribution < -0.4 is 5.32 Å². The van der Waals surface area contributed by atoms with Gasteiger partial charge in [0.1, 0.15) is 5.54 Å². The van der Waals surface area contributed by atoms with Crippen LogP contribution in [-0.4, -0.2) is 49.7 Å². The number of esters is 1. The molecule has 1 rings (SSSR count). The van der Waals surface area contributed by atoms with Gasteiger partial charge in [-0.25, -0.2) is 0 Å². The Kier molecular flexibility index (Phi) is 6.09. The van der Waals surface area contributed by atoms with Crippen molar-refractivity contribution in [3.8, 4) is 0 Å². The van der Waals surface area contributed by atoms with E-state index in [0.717, 1.165) is 38.5 Å². The molecule has 0 bridgehead atoms. The molecule has 1 saturated carbocycles. The molecular formula is C14H28N2O2. The Morgan fingerprint density at radius 2 is 2.11 bits per heavy atom. The summed E-state index contributed by atoms with van der Waals surface area (Å²) < 4.78 is 4.94. The summed E-state index contributed by atoms with van der Waals surface area (Å²) in [6, 6.07) is 0. The quantitative estimate of drug-likeness (QED) is 0.637.